The van der Waals surface area contributed by atoms with E-state index < -0.39 is 17.7 Å². The van der Waals surface area contributed by atoms with Crippen LogP contribution < -0.4 is 10.1 Å². The molecule has 1 N–H and O–H groups in total. The van der Waals surface area contributed by atoms with Crippen LogP contribution in [0.25, 0.3) is 0 Å². The Hall–Kier alpha value is -1.56. The summed E-state index contributed by atoms with van der Waals surface area (Å²) in [6, 6.07) is 4.41. The largest absolute Gasteiger partial charge is 0.496 e. The highest BCUT2D eigenvalue weighted by Crippen LogP contribution is 2.31. The molecule has 0 aliphatic rings. The Kier molecular flexibility index (Phi) is 5.56. The average molecular weight is 344 g/mol. The third-order valence-electron chi connectivity index (χ3n) is 2.35. The molecule has 1 atom stereocenters. The normalized spacial score (nSPS) is 12.4. The molecular formula is C14H18BrNO4. The van der Waals surface area contributed by atoms with Gasteiger partial charge in [-0.2, -0.15) is 0 Å². The van der Waals surface area contributed by atoms with E-state index in [1.165, 1.54) is 7.11 Å². The monoisotopic (exact) mass is 343 g/mol. The van der Waals surface area contributed by atoms with E-state index in [4.69, 9.17) is 9.47 Å². The van der Waals surface area contributed by atoms with Crippen LogP contribution >= 0.6 is 15.9 Å². The molecule has 1 unspecified atom stereocenters. The van der Waals surface area contributed by atoms with Gasteiger partial charge >= 0.3 is 6.09 Å². The quantitative estimate of drug-likeness (QED) is 0.852. The summed E-state index contributed by atoms with van der Waals surface area (Å²) in [7, 11) is 1.50. The summed E-state index contributed by atoms with van der Waals surface area (Å²) < 4.78 is 11.0. The fourth-order valence-electron chi connectivity index (χ4n) is 1.61. The first-order chi connectivity index (χ1) is 9.28. The number of ether oxygens (including phenoxy) is 2. The molecule has 1 aromatic carbocycles. The van der Waals surface area contributed by atoms with Gasteiger partial charge in [-0.15, -0.1) is 0 Å². The first-order valence-corrected chi connectivity index (χ1v) is 6.85. The van der Waals surface area contributed by atoms with Crippen molar-refractivity contribution in [3.8, 4) is 5.75 Å². The van der Waals surface area contributed by atoms with E-state index in [1.54, 1.807) is 39.0 Å². The molecule has 0 saturated heterocycles. The van der Waals surface area contributed by atoms with Crippen LogP contribution in [0.2, 0.25) is 0 Å². The molecule has 0 spiro atoms. The number of alkyl carbamates (subject to hydrolysis) is 1. The Labute approximate surface area is 126 Å². The molecule has 0 aliphatic heterocycles. The first kappa shape index (κ1) is 16.5. The maximum absolute atomic E-state index is 11.8. The molecule has 5 nitrogen and oxygen atoms in total. The zero-order valence-electron chi connectivity index (χ0n) is 11.9. The van der Waals surface area contributed by atoms with Gasteiger partial charge in [0.05, 0.1) is 7.11 Å². The highest BCUT2D eigenvalue weighted by atomic mass is 79.9. The van der Waals surface area contributed by atoms with Crippen molar-refractivity contribution in [2.45, 2.75) is 32.4 Å². The van der Waals surface area contributed by atoms with Gasteiger partial charge in [0.15, 0.2) is 0 Å². The van der Waals surface area contributed by atoms with Crippen molar-refractivity contribution < 1.29 is 19.1 Å². The van der Waals surface area contributed by atoms with Gasteiger partial charge in [-0.1, -0.05) is 22.0 Å². The number of hydrogen-bond donors (Lipinski definition) is 1. The van der Waals surface area contributed by atoms with Crippen LogP contribution in [-0.4, -0.2) is 25.1 Å². The van der Waals surface area contributed by atoms with Crippen LogP contribution in [0.15, 0.2) is 22.7 Å². The Morgan fingerprint density at radius 1 is 1.40 bits per heavy atom. The van der Waals surface area contributed by atoms with E-state index in [0.717, 1.165) is 0 Å². The maximum Gasteiger partial charge on any atom is 0.408 e. The SMILES string of the molecule is COc1cccc(Br)c1C(C=O)NC(=O)OC(C)(C)C. The number of benzene rings is 1. The molecule has 110 valence electrons. The van der Waals surface area contributed by atoms with Gasteiger partial charge in [-0.05, 0) is 32.9 Å². The summed E-state index contributed by atoms with van der Waals surface area (Å²) in [5, 5.41) is 2.52. The second kappa shape index (κ2) is 6.74. The molecule has 1 rings (SSSR count). The van der Waals surface area contributed by atoms with Gasteiger partial charge in [0.1, 0.15) is 23.7 Å². The second-order valence-electron chi connectivity index (χ2n) is 5.12. The molecule has 0 bridgehead atoms. The number of aldehydes is 1. The zero-order valence-corrected chi connectivity index (χ0v) is 13.5. The van der Waals surface area contributed by atoms with Gasteiger partial charge in [0, 0.05) is 10.0 Å². The minimum absolute atomic E-state index is 0.507. The van der Waals surface area contributed by atoms with Crippen molar-refractivity contribution in [1.29, 1.82) is 0 Å². The van der Waals surface area contributed by atoms with Crippen LogP contribution in [0.1, 0.15) is 32.4 Å². The Bertz CT molecular complexity index is 496. The predicted molar refractivity (Wildman–Crippen MR) is 78.9 cm³/mol. The van der Waals surface area contributed by atoms with E-state index in [0.29, 0.717) is 22.1 Å². The lowest BCUT2D eigenvalue weighted by molar-refractivity contribution is -0.109. The Balaban J connectivity index is 2.97. The summed E-state index contributed by atoms with van der Waals surface area (Å²) in [4.78, 5) is 23.0. The highest BCUT2D eigenvalue weighted by Gasteiger charge is 2.23. The van der Waals surface area contributed by atoms with Crippen LogP contribution in [0, 0.1) is 0 Å². The number of carbonyl (C=O) groups is 2. The zero-order chi connectivity index (χ0) is 15.3. The van der Waals surface area contributed by atoms with E-state index in [-0.39, 0.29) is 0 Å². The first-order valence-electron chi connectivity index (χ1n) is 6.05. The van der Waals surface area contributed by atoms with Crippen LogP contribution in [0.3, 0.4) is 0 Å². The number of rotatable bonds is 4. The van der Waals surface area contributed by atoms with Crippen molar-refractivity contribution >= 4 is 28.3 Å². The fraction of sp³-hybridized carbons (Fsp3) is 0.429. The van der Waals surface area contributed by atoms with E-state index >= 15 is 0 Å². The third kappa shape index (κ3) is 4.52. The van der Waals surface area contributed by atoms with Crippen molar-refractivity contribution in [2.24, 2.45) is 0 Å². The lowest BCUT2D eigenvalue weighted by atomic mass is 10.1. The molecule has 0 radical (unpaired) electrons. The average Bonchev–Trinajstić information content (AvgIpc) is 2.33. The molecule has 6 heteroatoms. The fourth-order valence-corrected chi connectivity index (χ4v) is 2.20. The van der Waals surface area contributed by atoms with Crippen LogP contribution in [0.5, 0.6) is 5.75 Å². The number of nitrogens with one attached hydrogen (secondary N) is 1. The van der Waals surface area contributed by atoms with Crippen molar-refractivity contribution in [3.63, 3.8) is 0 Å². The highest BCUT2D eigenvalue weighted by molar-refractivity contribution is 9.10. The smallest absolute Gasteiger partial charge is 0.408 e. The van der Waals surface area contributed by atoms with E-state index in [2.05, 4.69) is 21.2 Å². The van der Waals surface area contributed by atoms with Gasteiger partial charge in [-0.25, -0.2) is 4.79 Å². The Morgan fingerprint density at radius 3 is 2.55 bits per heavy atom. The molecule has 0 saturated carbocycles. The molecule has 1 amide bonds. The number of carbonyl (C=O) groups excluding carboxylic acids is 2. The minimum atomic E-state index is -0.852. The summed E-state index contributed by atoms with van der Waals surface area (Å²) in [6.45, 7) is 5.25. The topological polar surface area (TPSA) is 64.6 Å². The van der Waals surface area contributed by atoms with Gasteiger partial charge < -0.3 is 19.6 Å². The number of hydrogen-bond acceptors (Lipinski definition) is 4. The van der Waals surface area contributed by atoms with Gasteiger partial charge in [0.25, 0.3) is 0 Å². The van der Waals surface area contributed by atoms with Crippen molar-refractivity contribution in [3.05, 3.63) is 28.2 Å². The Morgan fingerprint density at radius 2 is 2.05 bits per heavy atom. The summed E-state index contributed by atoms with van der Waals surface area (Å²) in [5.74, 6) is 0.507. The minimum Gasteiger partial charge on any atom is -0.496 e. The third-order valence-corrected chi connectivity index (χ3v) is 3.04. The molecule has 20 heavy (non-hydrogen) atoms. The lowest BCUT2D eigenvalue weighted by Gasteiger charge is -2.22. The molecule has 0 aromatic heterocycles. The molecule has 1 aromatic rings. The van der Waals surface area contributed by atoms with Gasteiger partial charge in [0.2, 0.25) is 0 Å². The molecule has 0 fully saturated rings. The molecule has 0 heterocycles. The second-order valence-corrected chi connectivity index (χ2v) is 5.97. The lowest BCUT2D eigenvalue weighted by Crippen LogP contribution is -2.35. The van der Waals surface area contributed by atoms with Gasteiger partial charge in [-0.3, -0.25) is 0 Å². The molecular weight excluding hydrogens is 326 g/mol. The number of amides is 1. The maximum atomic E-state index is 11.8. The van der Waals surface area contributed by atoms with Crippen LogP contribution in [-0.2, 0) is 9.53 Å². The number of methoxy groups -OCH3 is 1. The van der Waals surface area contributed by atoms with E-state index in [1.807, 2.05) is 0 Å². The van der Waals surface area contributed by atoms with Crippen molar-refractivity contribution in [1.82, 2.24) is 5.32 Å². The molecule has 0 aliphatic carbocycles. The van der Waals surface area contributed by atoms with Crippen LogP contribution in [0.4, 0.5) is 4.79 Å². The standard InChI is InChI=1S/C14H18BrNO4/c1-14(2,3)20-13(18)16-10(8-17)12-9(15)6-5-7-11(12)19-4/h5-8,10H,1-4H3,(H,16,18). The van der Waals surface area contributed by atoms with E-state index in [9.17, 15) is 9.59 Å². The summed E-state index contributed by atoms with van der Waals surface area (Å²) in [6.07, 6.45) is -0.0283. The number of halogens is 1. The summed E-state index contributed by atoms with van der Waals surface area (Å²) >= 11 is 3.35. The summed E-state index contributed by atoms with van der Waals surface area (Å²) in [5.41, 5.74) is -0.0777. The van der Waals surface area contributed by atoms with Crippen molar-refractivity contribution in [2.75, 3.05) is 7.11 Å². The predicted octanol–water partition coefficient (Wildman–Crippen LogP) is 3.22.